The van der Waals surface area contributed by atoms with E-state index in [-0.39, 0.29) is 5.82 Å². The molecule has 2 nitrogen and oxygen atoms in total. The normalized spacial score (nSPS) is 15.4. The highest BCUT2D eigenvalue weighted by Crippen LogP contribution is 2.20. The third-order valence-electron chi connectivity index (χ3n) is 2.99. The van der Waals surface area contributed by atoms with Gasteiger partial charge in [0, 0.05) is 18.2 Å². The van der Waals surface area contributed by atoms with Crippen LogP contribution in [0.2, 0.25) is 0 Å². The van der Waals surface area contributed by atoms with Crippen LogP contribution in [-0.4, -0.2) is 12.6 Å². The minimum absolute atomic E-state index is 0.189. The Bertz CT molecular complexity index is 413. The Morgan fingerprint density at radius 1 is 1.44 bits per heavy atom. The van der Waals surface area contributed by atoms with Crippen molar-refractivity contribution >= 4 is 0 Å². The third-order valence-corrected chi connectivity index (χ3v) is 2.99. The third kappa shape index (κ3) is 4.24. The molecule has 0 radical (unpaired) electrons. The van der Waals surface area contributed by atoms with Crippen LogP contribution in [0.1, 0.15) is 30.9 Å². The van der Waals surface area contributed by atoms with Crippen molar-refractivity contribution in [3.8, 4) is 0 Å². The smallest absolute Gasteiger partial charge is 0.128 e. The molecule has 98 valence electrons. The Balaban J connectivity index is 1.87. The highest BCUT2D eigenvalue weighted by Gasteiger charge is 2.20. The first kappa shape index (κ1) is 13.2. The topological polar surface area (TPSA) is 21.3 Å². The van der Waals surface area contributed by atoms with Crippen LogP contribution < -0.4 is 5.32 Å². The molecule has 0 unspecified atom stereocenters. The molecule has 18 heavy (non-hydrogen) atoms. The maximum Gasteiger partial charge on any atom is 0.128 e. The van der Waals surface area contributed by atoms with Crippen LogP contribution in [0.25, 0.3) is 0 Å². The van der Waals surface area contributed by atoms with Crippen molar-refractivity contribution in [3.05, 3.63) is 47.3 Å². The van der Waals surface area contributed by atoms with Crippen molar-refractivity contribution in [1.29, 1.82) is 0 Å². The molecule has 0 aromatic heterocycles. The molecule has 0 bridgehead atoms. The van der Waals surface area contributed by atoms with Gasteiger partial charge in [-0.3, -0.25) is 0 Å². The van der Waals surface area contributed by atoms with E-state index in [1.54, 1.807) is 0 Å². The summed E-state index contributed by atoms with van der Waals surface area (Å²) >= 11 is 0. The van der Waals surface area contributed by atoms with E-state index in [4.69, 9.17) is 4.74 Å². The standard InChI is InChI=1S/C15H20FNO/c1-2-3-8-18-11-13-9-12(4-7-15(13)16)10-17-14-5-6-14/h2-4,7,9,14,17H,5-6,8,10-11H2,1H3/b3-2+. The summed E-state index contributed by atoms with van der Waals surface area (Å²) in [4.78, 5) is 0. The van der Waals surface area contributed by atoms with Crippen molar-refractivity contribution in [3.63, 3.8) is 0 Å². The zero-order chi connectivity index (χ0) is 12.8. The van der Waals surface area contributed by atoms with E-state index in [0.29, 0.717) is 24.8 Å². The van der Waals surface area contributed by atoms with Crippen LogP contribution >= 0.6 is 0 Å². The van der Waals surface area contributed by atoms with E-state index in [9.17, 15) is 4.39 Å². The monoisotopic (exact) mass is 249 g/mol. The molecular formula is C15H20FNO. The summed E-state index contributed by atoms with van der Waals surface area (Å²) in [5.41, 5.74) is 1.75. The molecule has 0 atom stereocenters. The Morgan fingerprint density at radius 3 is 3.00 bits per heavy atom. The summed E-state index contributed by atoms with van der Waals surface area (Å²) < 4.78 is 19.0. The fourth-order valence-corrected chi connectivity index (χ4v) is 1.73. The van der Waals surface area contributed by atoms with E-state index >= 15 is 0 Å². The van der Waals surface area contributed by atoms with Gasteiger partial charge in [0.2, 0.25) is 0 Å². The number of nitrogens with one attached hydrogen (secondary N) is 1. The molecule has 0 amide bonds. The molecule has 1 aromatic carbocycles. The Kier molecular flexibility index (Phi) is 4.90. The maximum absolute atomic E-state index is 13.6. The van der Waals surface area contributed by atoms with Gasteiger partial charge in [0.1, 0.15) is 5.82 Å². The van der Waals surface area contributed by atoms with Gasteiger partial charge in [0.25, 0.3) is 0 Å². The quantitative estimate of drug-likeness (QED) is 0.592. The average molecular weight is 249 g/mol. The minimum Gasteiger partial charge on any atom is -0.373 e. The molecule has 1 fully saturated rings. The highest BCUT2D eigenvalue weighted by atomic mass is 19.1. The fraction of sp³-hybridized carbons (Fsp3) is 0.467. The molecule has 0 saturated heterocycles. The van der Waals surface area contributed by atoms with Gasteiger partial charge in [0.15, 0.2) is 0 Å². The predicted octanol–water partition coefficient (Wildman–Crippen LogP) is 3.17. The Labute approximate surface area is 108 Å². The molecule has 0 aliphatic heterocycles. The number of allylic oxidation sites excluding steroid dienone is 1. The van der Waals surface area contributed by atoms with E-state index in [2.05, 4.69) is 5.32 Å². The zero-order valence-corrected chi connectivity index (χ0v) is 10.8. The minimum atomic E-state index is -0.189. The lowest BCUT2D eigenvalue weighted by atomic mass is 10.1. The molecule has 0 heterocycles. The van der Waals surface area contributed by atoms with Gasteiger partial charge in [-0.25, -0.2) is 4.39 Å². The number of ether oxygens (including phenoxy) is 1. The van der Waals surface area contributed by atoms with Gasteiger partial charge >= 0.3 is 0 Å². The second-order valence-corrected chi connectivity index (χ2v) is 4.67. The second kappa shape index (κ2) is 6.66. The Hall–Kier alpha value is -1.19. The number of benzene rings is 1. The van der Waals surface area contributed by atoms with Gasteiger partial charge in [-0.2, -0.15) is 0 Å². The molecular weight excluding hydrogens is 229 g/mol. The van der Waals surface area contributed by atoms with Crippen LogP contribution in [0.3, 0.4) is 0 Å². The first-order valence-electron chi connectivity index (χ1n) is 6.49. The molecule has 1 aliphatic carbocycles. The number of halogens is 1. The number of hydrogen-bond acceptors (Lipinski definition) is 2. The van der Waals surface area contributed by atoms with Gasteiger partial charge in [-0.05, 0) is 37.5 Å². The summed E-state index contributed by atoms with van der Waals surface area (Å²) in [5, 5.41) is 3.42. The number of hydrogen-bond donors (Lipinski definition) is 1. The molecule has 0 spiro atoms. The van der Waals surface area contributed by atoms with Crippen LogP contribution in [-0.2, 0) is 17.9 Å². The largest absolute Gasteiger partial charge is 0.373 e. The molecule has 1 aliphatic rings. The molecule has 1 saturated carbocycles. The lowest BCUT2D eigenvalue weighted by Crippen LogP contribution is -2.15. The van der Waals surface area contributed by atoms with E-state index in [0.717, 1.165) is 12.1 Å². The molecule has 1 N–H and O–H groups in total. The van der Waals surface area contributed by atoms with Crippen LogP contribution in [0.5, 0.6) is 0 Å². The van der Waals surface area contributed by atoms with Crippen LogP contribution in [0.15, 0.2) is 30.4 Å². The van der Waals surface area contributed by atoms with Crippen LogP contribution in [0, 0.1) is 5.82 Å². The van der Waals surface area contributed by atoms with Gasteiger partial charge < -0.3 is 10.1 Å². The zero-order valence-electron chi connectivity index (χ0n) is 10.8. The average Bonchev–Trinajstić information content (AvgIpc) is 3.19. The summed E-state index contributed by atoms with van der Waals surface area (Å²) in [5.74, 6) is -0.189. The summed E-state index contributed by atoms with van der Waals surface area (Å²) in [6.07, 6.45) is 6.36. The SMILES string of the molecule is C/C=C/COCc1cc(CNC2CC2)ccc1F. The number of rotatable bonds is 7. The van der Waals surface area contributed by atoms with Gasteiger partial charge in [-0.1, -0.05) is 18.2 Å². The lowest BCUT2D eigenvalue weighted by Gasteiger charge is -2.08. The van der Waals surface area contributed by atoms with E-state index in [1.165, 1.54) is 18.9 Å². The fourth-order valence-electron chi connectivity index (χ4n) is 1.73. The molecule has 2 rings (SSSR count). The maximum atomic E-state index is 13.6. The van der Waals surface area contributed by atoms with E-state index in [1.807, 2.05) is 31.2 Å². The lowest BCUT2D eigenvalue weighted by molar-refractivity contribution is 0.145. The first-order chi connectivity index (χ1) is 8.79. The van der Waals surface area contributed by atoms with Crippen LogP contribution in [0.4, 0.5) is 4.39 Å². The summed E-state index contributed by atoms with van der Waals surface area (Å²) in [6.45, 7) is 3.61. The van der Waals surface area contributed by atoms with E-state index < -0.39 is 0 Å². The predicted molar refractivity (Wildman–Crippen MR) is 70.7 cm³/mol. The van der Waals surface area contributed by atoms with Crippen molar-refractivity contribution in [2.24, 2.45) is 0 Å². The highest BCUT2D eigenvalue weighted by molar-refractivity contribution is 5.24. The van der Waals surface area contributed by atoms with Gasteiger partial charge in [-0.15, -0.1) is 0 Å². The van der Waals surface area contributed by atoms with Crippen molar-refractivity contribution < 1.29 is 9.13 Å². The van der Waals surface area contributed by atoms with Crippen molar-refractivity contribution in [2.75, 3.05) is 6.61 Å². The second-order valence-electron chi connectivity index (χ2n) is 4.67. The van der Waals surface area contributed by atoms with Gasteiger partial charge in [0.05, 0.1) is 13.2 Å². The summed E-state index contributed by atoms with van der Waals surface area (Å²) in [6, 6.07) is 5.92. The Morgan fingerprint density at radius 2 is 2.28 bits per heavy atom. The van der Waals surface area contributed by atoms with Crippen molar-refractivity contribution in [1.82, 2.24) is 5.32 Å². The summed E-state index contributed by atoms with van der Waals surface area (Å²) in [7, 11) is 0. The first-order valence-corrected chi connectivity index (χ1v) is 6.49. The van der Waals surface area contributed by atoms with Crippen molar-refractivity contribution in [2.45, 2.75) is 39.0 Å². The molecule has 3 heteroatoms. The molecule has 1 aromatic rings.